The third-order valence-corrected chi connectivity index (χ3v) is 5.48. The van der Waals surface area contributed by atoms with Crippen molar-refractivity contribution >= 4 is 11.6 Å². The number of para-hydroxylation sites is 1. The van der Waals surface area contributed by atoms with E-state index in [1.807, 2.05) is 75.4 Å². The van der Waals surface area contributed by atoms with E-state index in [1.165, 1.54) is 0 Å². The van der Waals surface area contributed by atoms with Crippen molar-refractivity contribution in [2.24, 2.45) is 5.92 Å². The Hall–Kier alpha value is -2.38. The summed E-state index contributed by atoms with van der Waals surface area (Å²) >= 11 is 6.27. The summed E-state index contributed by atoms with van der Waals surface area (Å²) < 4.78 is 13.8. The lowest BCUT2D eigenvalue weighted by Crippen LogP contribution is -2.37. The summed E-state index contributed by atoms with van der Waals surface area (Å²) in [5.41, 5.74) is 2.67. The molecule has 6 nitrogen and oxygen atoms in total. The topological polar surface area (TPSA) is 59.8 Å². The fourth-order valence-electron chi connectivity index (χ4n) is 3.81. The van der Waals surface area contributed by atoms with E-state index in [9.17, 15) is 5.11 Å². The predicted octanol–water partition coefficient (Wildman–Crippen LogP) is 5.87. The van der Waals surface area contributed by atoms with Crippen molar-refractivity contribution in [3.05, 3.63) is 70.9 Å². The van der Waals surface area contributed by atoms with Gasteiger partial charge in [0.2, 0.25) is 5.88 Å². The van der Waals surface area contributed by atoms with Crippen molar-refractivity contribution in [3.8, 4) is 17.3 Å². The fraction of sp³-hybridized carbons (Fsp3) is 0.444. The number of hydrogen-bond acceptors (Lipinski definition) is 5. The van der Waals surface area contributed by atoms with Gasteiger partial charge < -0.3 is 14.6 Å². The van der Waals surface area contributed by atoms with Crippen LogP contribution in [-0.2, 0) is 11.3 Å². The monoisotopic (exact) mass is 485 g/mol. The van der Waals surface area contributed by atoms with Crippen molar-refractivity contribution in [2.75, 3.05) is 19.7 Å². The normalized spacial score (nSPS) is 12.6. The lowest BCUT2D eigenvalue weighted by atomic mass is 10.1. The molecular formula is C27H36ClN3O3. The SMILES string of the molecule is Cc1nn(-c2cccc(Cl)c2)c(Oc2ccccc2)c1CN(CC(C)C)C[C@@H](O)COC(C)C. The van der Waals surface area contributed by atoms with Crippen molar-refractivity contribution in [3.63, 3.8) is 0 Å². The van der Waals surface area contributed by atoms with E-state index < -0.39 is 6.10 Å². The van der Waals surface area contributed by atoms with E-state index in [2.05, 4.69) is 18.7 Å². The van der Waals surface area contributed by atoms with Crippen LogP contribution in [0.2, 0.25) is 5.02 Å². The first-order valence-corrected chi connectivity index (χ1v) is 12.2. The third kappa shape index (κ3) is 7.57. The minimum Gasteiger partial charge on any atom is -0.439 e. The quantitative estimate of drug-likeness (QED) is 0.347. The van der Waals surface area contributed by atoms with Crippen LogP contribution in [0.25, 0.3) is 5.69 Å². The molecule has 0 radical (unpaired) electrons. The minimum atomic E-state index is -0.581. The van der Waals surface area contributed by atoms with E-state index in [0.717, 1.165) is 29.2 Å². The number of hydrogen-bond donors (Lipinski definition) is 1. The Bertz CT molecular complexity index is 1040. The average Bonchev–Trinajstić information content (AvgIpc) is 3.07. The van der Waals surface area contributed by atoms with Gasteiger partial charge in [-0.25, -0.2) is 4.68 Å². The van der Waals surface area contributed by atoms with E-state index >= 15 is 0 Å². The highest BCUT2D eigenvalue weighted by atomic mass is 35.5. The van der Waals surface area contributed by atoms with Crippen LogP contribution >= 0.6 is 11.6 Å². The summed E-state index contributed by atoms with van der Waals surface area (Å²) in [4.78, 5) is 2.24. The van der Waals surface area contributed by atoms with E-state index in [4.69, 9.17) is 26.2 Å². The van der Waals surface area contributed by atoms with Gasteiger partial charge in [-0.1, -0.05) is 49.7 Å². The van der Waals surface area contributed by atoms with Gasteiger partial charge in [-0.3, -0.25) is 4.90 Å². The van der Waals surface area contributed by atoms with Crippen LogP contribution in [0.5, 0.6) is 11.6 Å². The summed E-state index contributed by atoms with van der Waals surface area (Å²) in [6.45, 7) is 12.5. The second-order valence-electron chi connectivity index (χ2n) is 9.30. The van der Waals surface area contributed by atoms with Crippen LogP contribution in [0, 0.1) is 12.8 Å². The van der Waals surface area contributed by atoms with Crippen LogP contribution in [0.4, 0.5) is 0 Å². The lowest BCUT2D eigenvalue weighted by Gasteiger charge is -2.27. The maximum atomic E-state index is 10.6. The molecule has 0 saturated heterocycles. The maximum absolute atomic E-state index is 10.6. The van der Waals surface area contributed by atoms with Crippen LogP contribution < -0.4 is 4.74 Å². The number of aryl methyl sites for hydroxylation is 1. The van der Waals surface area contributed by atoms with Gasteiger partial charge in [0.05, 0.1) is 35.8 Å². The predicted molar refractivity (Wildman–Crippen MR) is 137 cm³/mol. The highest BCUT2D eigenvalue weighted by molar-refractivity contribution is 6.30. The number of halogens is 1. The molecule has 0 unspecified atom stereocenters. The lowest BCUT2D eigenvalue weighted by molar-refractivity contribution is -0.0109. The molecule has 0 spiro atoms. The molecule has 7 heteroatoms. The van der Waals surface area contributed by atoms with Crippen molar-refractivity contribution in [1.29, 1.82) is 0 Å². The zero-order valence-corrected chi connectivity index (χ0v) is 21.5. The highest BCUT2D eigenvalue weighted by Gasteiger charge is 2.23. The molecule has 0 amide bonds. The Kier molecular flexibility index (Phi) is 9.54. The summed E-state index contributed by atoms with van der Waals surface area (Å²) in [7, 11) is 0. The standard InChI is InChI=1S/C27H36ClN3O3/c1-19(2)15-30(16-24(32)18-33-20(3)4)17-26-21(5)29-31(23-11-9-10-22(28)14-23)27(26)34-25-12-7-6-8-13-25/h6-14,19-20,24,32H,15-18H2,1-5H3/t24-/m1/s1. The molecule has 0 fully saturated rings. The van der Waals surface area contributed by atoms with Gasteiger partial charge >= 0.3 is 0 Å². The molecule has 0 aliphatic rings. The third-order valence-electron chi connectivity index (χ3n) is 5.24. The number of aliphatic hydroxyl groups excluding tert-OH is 1. The Morgan fingerprint density at radius 3 is 2.41 bits per heavy atom. The highest BCUT2D eigenvalue weighted by Crippen LogP contribution is 2.32. The molecule has 3 aromatic rings. The Balaban J connectivity index is 1.95. The maximum Gasteiger partial charge on any atom is 0.227 e. The second-order valence-corrected chi connectivity index (χ2v) is 9.74. The number of aliphatic hydroxyl groups is 1. The first-order chi connectivity index (χ1) is 16.2. The van der Waals surface area contributed by atoms with Crippen LogP contribution in [0.15, 0.2) is 54.6 Å². The van der Waals surface area contributed by atoms with Gasteiger partial charge in [0.25, 0.3) is 0 Å². The number of ether oxygens (including phenoxy) is 2. The van der Waals surface area contributed by atoms with Gasteiger partial charge in [-0.05, 0) is 57.0 Å². The first-order valence-electron chi connectivity index (χ1n) is 11.8. The minimum absolute atomic E-state index is 0.0808. The number of benzene rings is 2. The number of aromatic nitrogens is 2. The summed E-state index contributed by atoms with van der Waals surface area (Å²) in [5, 5.41) is 16.1. The van der Waals surface area contributed by atoms with Crippen LogP contribution in [0.1, 0.15) is 39.0 Å². The van der Waals surface area contributed by atoms with Crippen LogP contribution in [0.3, 0.4) is 0 Å². The largest absolute Gasteiger partial charge is 0.439 e. The summed E-state index contributed by atoms with van der Waals surface area (Å²) in [6, 6.07) is 17.3. The van der Waals surface area contributed by atoms with Gasteiger partial charge in [-0.15, -0.1) is 0 Å². The molecule has 1 aromatic heterocycles. The van der Waals surface area contributed by atoms with Crippen molar-refractivity contribution in [2.45, 2.75) is 53.4 Å². The fourth-order valence-corrected chi connectivity index (χ4v) is 3.99. The smallest absolute Gasteiger partial charge is 0.227 e. The van der Waals surface area contributed by atoms with Gasteiger partial charge in [0.1, 0.15) is 5.75 Å². The molecule has 0 aliphatic carbocycles. The number of nitrogens with zero attached hydrogens (tertiary/aromatic N) is 3. The summed E-state index contributed by atoms with van der Waals surface area (Å²) in [6.07, 6.45) is -0.500. The Morgan fingerprint density at radius 1 is 1.03 bits per heavy atom. The van der Waals surface area contributed by atoms with E-state index in [0.29, 0.717) is 36.5 Å². The zero-order chi connectivity index (χ0) is 24.7. The second kappa shape index (κ2) is 12.4. The molecule has 0 bridgehead atoms. The molecule has 184 valence electrons. The van der Waals surface area contributed by atoms with Gasteiger partial charge in [-0.2, -0.15) is 5.10 Å². The van der Waals surface area contributed by atoms with E-state index in [1.54, 1.807) is 4.68 Å². The Labute approximate surface area is 208 Å². The zero-order valence-electron chi connectivity index (χ0n) is 20.7. The molecule has 0 aliphatic heterocycles. The molecule has 2 aromatic carbocycles. The molecule has 1 atom stereocenters. The van der Waals surface area contributed by atoms with Crippen LogP contribution in [-0.4, -0.2) is 51.7 Å². The van der Waals surface area contributed by atoms with Gasteiger partial charge in [0, 0.05) is 24.7 Å². The van der Waals surface area contributed by atoms with Gasteiger partial charge in [0.15, 0.2) is 0 Å². The molecular weight excluding hydrogens is 450 g/mol. The molecule has 1 N–H and O–H groups in total. The first kappa shape index (κ1) is 26.2. The number of rotatable bonds is 12. The molecule has 1 heterocycles. The average molecular weight is 486 g/mol. The molecule has 0 saturated carbocycles. The molecule has 3 rings (SSSR count). The molecule has 34 heavy (non-hydrogen) atoms. The van der Waals surface area contributed by atoms with Crippen molar-refractivity contribution in [1.82, 2.24) is 14.7 Å². The van der Waals surface area contributed by atoms with E-state index in [-0.39, 0.29) is 6.10 Å². The van der Waals surface area contributed by atoms with Crippen molar-refractivity contribution < 1.29 is 14.6 Å². The Morgan fingerprint density at radius 2 is 1.76 bits per heavy atom. The summed E-state index contributed by atoms with van der Waals surface area (Å²) in [5.74, 6) is 1.81.